The molecule has 0 aromatic heterocycles. The molecule has 0 spiro atoms. The quantitative estimate of drug-likeness (QED) is 0.881. The number of aryl methyl sites for hydroxylation is 2. The van der Waals surface area contributed by atoms with Crippen molar-refractivity contribution in [2.45, 2.75) is 40.2 Å². The van der Waals surface area contributed by atoms with Gasteiger partial charge in [0.2, 0.25) is 0 Å². The molecule has 0 saturated heterocycles. The van der Waals surface area contributed by atoms with Gasteiger partial charge in [-0.3, -0.25) is 4.99 Å². The highest BCUT2D eigenvalue weighted by molar-refractivity contribution is 8.14. The molecule has 0 fully saturated rings. The third-order valence-electron chi connectivity index (χ3n) is 3.17. The van der Waals surface area contributed by atoms with Crippen molar-refractivity contribution in [1.82, 2.24) is 0 Å². The molecule has 0 amide bonds. The first-order chi connectivity index (χ1) is 8.56. The zero-order valence-corrected chi connectivity index (χ0v) is 12.5. The van der Waals surface area contributed by atoms with E-state index in [-0.39, 0.29) is 0 Å². The fourth-order valence-electron chi connectivity index (χ4n) is 2.27. The van der Waals surface area contributed by atoms with E-state index in [2.05, 4.69) is 51.2 Å². The minimum absolute atomic E-state index is 0.488. The summed E-state index contributed by atoms with van der Waals surface area (Å²) in [6.07, 6.45) is 1.19. The topological polar surface area (TPSA) is 24.4 Å². The number of anilines is 1. The summed E-state index contributed by atoms with van der Waals surface area (Å²) in [6.45, 7) is 8.80. The summed E-state index contributed by atoms with van der Waals surface area (Å²) in [5.74, 6) is 1.84. The molecule has 1 atom stereocenters. The second kappa shape index (κ2) is 5.79. The molecule has 1 unspecified atom stereocenters. The van der Waals surface area contributed by atoms with E-state index in [0.29, 0.717) is 6.04 Å². The lowest BCUT2D eigenvalue weighted by atomic mass is 10.1. The van der Waals surface area contributed by atoms with Crippen LogP contribution in [0.3, 0.4) is 0 Å². The van der Waals surface area contributed by atoms with Gasteiger partial charge >= 0.3 is 0 Å². The van der Waals surface area contributed by atoms with E-state index < -0.39 is 0 Å². The number of nitrogens with zero attached hydrogens (tertiary/aromatic N) is 1. The van der Waals surface area contributed by atoms with Gasteiger partial charge in [-0.05, 0) is 37.3 Å². The molecule has 3 heteroatoms. The third kappa shape index (κ3) is 3.29. The van der Waals surface area contributed by atoms with Gasteiger partial charge in [-0.25, -0.2) is 0 Å². The molecule has 18 heavy (non-hydrogen) atoms. The van der Waals surface area contributed by atoms with E-state index in [1.54, 1.807) is 0 Å². The minimum atomic E-state index is 0.488. The van der Waals surface area contributed by atoms with Gasteiger partial charge in [-0.2, -0.15) is 0 Å². The number of amidine groups is 1. The van der Waals surface area contributed by atoms with Gasteiger partial charge in [-0.15, -0.1) is 0 Å². The van der Waals surface area contributed by atoms with Crippen LogP contribution in [-0.4, -0.2) is 17.0 Å². The highest BCUT2D eigenvalue weighted by Gasteiger charge is 2.19. The molecule has 1 heterocycles. The standard InChI is InChI=1S/C15H22N2S/c1-10(2)8-13-9-18-15(16-13)17-14-11(3)6-5-7-12(14)4/h5-7,10,13H,8-9H2,1-4H3,(H,16,17). The fourth-order valence-corrected chi connectivity index (χ4v) is 3.23. The van der Waals surface area contributed by atoms with Crippen molar-refractivity contribution in [2.24, 2.45) is 10.9 Å². The molecule has 1 N–H and O–H groups in total. The molecule has 0 saturated carbocycles. The van der Waals surface area contributed by atoms with Crippen molar-refractivity contribution in [1.29, 1.82) is 0 Å². The van der Waals surface area contributed by atoms with E-state index in [9.17, 15) is 0 Å². The van der Waals surface area contributed by atoms with Crippen molar-refractivity contribution in [3.63, 3.8) is 0 Å². The first kappa shape index (κ1) is 13.5. The Morgan fingerprint density at radius 1 is 1.33 bits per heavy atom. The van der Waals surface area contributed by atoms with Crippen LogP contribution in [0.2, 0.25) is 0 Å². The summed E-state index contributed by atoms with van der Waals surface area (Å²) in [6, 6.07) is 6.87. The number of rotatable bonds is 3. The lowest BCUT2D eigenvalue weighted by Gasteiger charge is -2.11. The summed E-state index contributed by atoms with van der Waals surface area (Å²) < 4.78 is 0. The summed E-state index contributed by atoms with van der Waals surface area (Å²) in [4.78, 5) is 4.77. The minimum Gasteiger partial charge on any atom is -0.335 e. The predicted octanol–water partition coefficient (Wildman–Crippen LogP) is 4.23. The number of thioether (sulfide) groups is 1. The fraction of sp³-hybridized carbons (Fsp3) is 0.533. The summed E-state index contributed by atoms with van der Waals surface area (Å²) in [5, 5.41) is 4.58. The average Bonchev–Trinajstić information content (AvgIpc) is 2.70. The van der Waals surface area contributed by atoms with Gasteiger partial charge in [0.15, 0.2) is 5.17 Å². The molecule has 1 aliphatic heterocycles. The van der Waals surface area contributed by atoms with E-state index in [1.165, 1.54) is 23.2 Å². The number of para-hydroxylation sites is 1. The zero-order chi connectivity index (χ0) is 13.1. The van der Waals surface area contributed by atoms with Crippen molar-refractivity contribution in [2.75, 3.05) is 11.1 Å². The van der Waals surface area contributed by atoms with Crippen LogP contribution in [0.1, 0.15) is 31.4 Å². The number of benzene rings is 1. The van der Waals surface area contributed by atoms with E-state index >= 15 is 0 Å². The van der Waals surface area contributed by atoms with Crippen LogP contribution < -0.4 is 5.32 Å². The van der Waals surface area contributed by atoms with Crippen LogP contribution in [0.4, 0.5) is 5.69 Å². The predicted molar refractivity (Wildman–Crippen MR) is 82.7 cm³/mol. The molecule has 0 aliphatic carbocycles. The van der Waals surface area contributed by atoms with Crippen LogP contribution in [0, 0.1) is 19.8 Å². The summed E-state index contributed by atoms with van der Waals surface area (Å²) >= 11 is 1.84. The summed E-state index contributed by atoms with van der Waals surface area (Å²) in [5.41, 5.74) is 3.78. The van der Waals surface area contributed by atoms with Crippen molar-refractivity contribution < 1.29 is 0 Å². The van der Waals surface area contributed by atoms with E-state index in [1.807, 2.05) is 11.8 Å². The Labute approximate surface area is 114 Å². The normalized spacial score (nSPS) is 19.2. The van der Waals surface area contributed by atoms with Crippen LogP contribution >= 0.6 is 11.8 Å². The van der Waals surface area contributed by atoms with Crippen LogP contribution in [0.25, 0.3) is 0 Å². The lowest BCUT2D eigenvalue weighted by Crippen LogP contribution is -2.09. The Hall–Kier alpha value is -0.960. The van der Waals surface area contributed by atoms with Gasteiger partial charge in [0.1, 0.15) is 0 Å². The molecular weight excluding hydrogens is 240 g/mol. The maximum absolute atomic E-state index is 4.77. The SMILES string of the molecule is Cc1cccc(C)c1NC1=NC(CC(C)C)CS1. The van der Waals surface area contributed by atoms with E-state index in [4.69, 9.17) is 4.99 Å². The monoisotopic (exact) mass is 262 g/mol. The second-order valence-corrected chi connectivity index (χ2v) is 6.43. The maximum atomic E-state index is 4.77. The van der Waals surface area contributed by atoms with E-state index in [0.717, 1.165) is 16.8 Å². The van der Waals surface area contributed by atoms with Gasteiger partial charge in [0.25, 0.3) is 0 Å². The molecule has 98 valence electrons. The first-order valence-electron chi connectivity index (χ1n) is 6.60. The van der Waals surface area contributed by atoms with Crippen LogP contribution in [0.15, 0.2) is 23.2 Å². The third-order valence-corrected chi connectivity index (χ3v) is 4.20. The number of hydrogen-bond donors (Lipinski definition) is 1. The number of hydrogen-bond acceptors (Lipinski definition) is 3. The Balaban J connectivity index is 2.06. The van der Waals surface area contributed by atoms with Crippen LogP contribution in [-0.2, 0) is 0 Å². The highest BCUT2D eigenvalue weighted by atomic mass is 32.2. The van der Waals surface area contributed by atoms with Gasteiger partial charge in [-0.1, -0.05) is 43.8 Å². The average molecular weight is 262 g/mol. The van der Waals surface area contributed by atoms with Gasteiger partial charge < -0.3 is 5.32 Å². The molecule has 2 nitrogen and oxygen atoms in total. The number of aliphatic imine (C=N–C) groups is 1. The Morgan fingerprint density at radius 2 is 2.00 bits per heavy atom. The lowest BCUT2D eigenvalue weighted by molar-refractivity contribution is 0.529. The maximum Gasteiger partial charge on any atom is 0.161 e. The van der Waals surface area contributed by atoms with Crippen molar-refractivity contribution >= 4 is 22.6 Å². The smallest absolute Gasteiger partial charge is 0.161 e. The Bertz CT molecular complexity index is 432. The highest BCUT2D eigenvalue weighted by Crippen LogP contribution is 2.26. The van der Waals surface area contributed by atoms with Crippen molar-refractivity contribution in [3.05, 3.63) is 29.3 Å². The molecule has 0 bridgehead atoms. The largest absolute Gasteiger partial charge is 0.335 e. The zero-order valence-electron chi connectivity index (χ0n) is 11.7. The Kier molecular flexibility index (Phi) is 4.33. The molecule has 1 aromatic rings. The molecule has 2 rings (SSSR count). The first-order valence-corrected chi connectivity index (χ1v) is 7.58. The van der Waals surface area contributed by atoms with Gasteiger partial charge in [0, 0.05) is 11.4 Å². The van der Waals surface area contributed by atoms with Crippen molar-refractivity contribution in [3.8, 4) is 0 Å². The molecule has 0 radical (unpaired) electrons. The second-order valence-electron chi connectivity index (χ2n) is 5.42. The molecule has 1 aromatic carbocycles. The molecule has 1 aliphatic rings. The van der Waals surface area contributed by atoms with Crippen LogP contribution in [0.5, 0.6) is 0 Å². The summed E-state index contributed by atoms with van der Waals surface area (Å²) in [7, 11) is 0. The molecular formula is C15H22N2S. The van der Waals surface area contributed by atoms with Gasteiger partial charge in [0.05, 0.1) is 6.04 Å². The Morgan fingerprint density at radius 3 is 2.61 bits per heavy atom. The number of nitrogens with one attached hydrogen (secondary N) is 1.